The molecule has 0 aromatic heterocycles. The predicted molar refractivity (Wildman–Crippen MR) is 89.3 cm³/mol. The van der Waals surface area contributed by atoms with Crippen LogP contribution in [0, 0.1) is 29.1 Å². The van der Waals surface area contributed by atoms with Gasteiger partial charge in [0, 0.05) is 18.5 Å². The molecule has 0 unspecified atom stereocenters. The molecule has 10 heteroatoms. The van der Waals surface area contributed by atoms with Gasteiger partial charge in [-0.05, 0) is 12.1 Å². The third-order valence-corrected chi connectivity index (χ3v) is 5.13. The number of amides is 2. The first-order valence-corrected chi connectivity index (χ1v) is 8.62. The Labute approximate surface area is 160 Å². The standard InChI is InChI=1S/C19H13F5N2O3/c20-13-10(14(21)16(23)17(24)15(13)22)7-26-11-4-2-1-3-9(11)18(28)25-6-8(27)5-12(25)19(26)29/h1-4,8,12,27H,5-7H2/t8-,12+/m1/s1. The van der Waals surface area contributed by atoms with E-state index in [-0.39, 0.29) is 24.2 Å². The summed E-state index contributed by atoms with van der Waals surface area (Å²) in [6.07, 6.45) is -1.08. The highest BCUT2D eigenvalue weighted by atomic mass is 19.2. The minimum atomic E-state index is -2.30. The van der Waals surface area contributed by atoms with Gasteiger partial charge in [-0.15, -0.1) is 0 Å². The smallest absolute Gasteiger partial charge is 0.256 e. The molecule has 0 bridgehead atoms. The number of aliphatic hydroxyl groups excluding tert-OH is 1. The number of anilines is 1. The Kier molecular flexibility index (Phi) is 4.53. The zero-order valence-corrected chi connectivity index (χ0v) is 14.6. The molecular formula is C19H13F5N2O3. The fourth-order valence-corrected chi connectivity index (χ4v) is 3.73. The van der Waals surface area contributed by atoms with Crippen LogP contribution >= 0.6 is 0 Å². The van der Waals surface area contributed by atoms with Crippen LogP contribution in [0.1, 0.15) is 22.3 Å². The minimum absolute atomic E-state index is 0.0151. The van der Waals surface area contributed by atoms with Crippen molar-refractivity contribution in [3.05, 3.63) is 64.5 Å². The number of rotatable bonds is 2. The summed E-state index contributed by atoms with van der Waals surface area (Å²) < 4.78 is 68.9. The van der Waals surface area contributed by atoms with Gasteiger partial charge >= 0.3 is 0 Å². The van der Waals surface area contributed by atoms with E-state index in [1.807, 2.05) is 0 Å². The zero-order valence-electron chi connectivity index (χ0n) is 14.6. The van der Waals surface area contributed by atoms with E-state index in [0.29, 0.717) is 0 Å². The van der Waals surface area contributed by atoms with Crippen molar-refractivity contribution in [1.82, 2.24) is 4.90 Å². The number of para-hydroxylation sites is 1. The van der Waals surface area contributed by atoms with E-state index in [9.17, 15) is 36.6 Å². The third kappa shape index (κ3) is 2.86. The summed E-state index contributed by atoms with van der Waals surface area (Å²) in [4.78, 5) is 27.8. The quantitative estimate of drug-likeness (QED) is 0.469. The third-order valence-electron chi connectivity index (χ3n) is 5.13. The van der Waals surface area contributed by atoms with E-state index in [1.165, 1.54) is 24.3 Å². The summed E-state index contributed by atoms with van der Waals surface area (Å²) in [6, 6.07) is 4.58. The van der Waals surface area contributed by atoms with Crippen LogP contribution < -0.4 is 4.90 Å². The number of carbonyl (C=O) groups is 2. The van der Waals surface area contributed by atoms with Crippen LogP contribution in [0.2, 0.25) is 0 Å². The number of halogens is 5. The van der Waals surface area contributed by atoms with Crippen molar-refractivity contribution >= 4 is 17.5 Å². The molecule has 0 radical (unpaired) electrons. The Hall–Kier alpha value is -3.01. The SMILES string of the molecule is O=C1[C@@H]2C[C@@H](O)CN2C(=O)c2ccccc2N1Cc1c(F)c(F)c(F)c(F)c1F. The predicted octanol–water partition coefficient (Wildman–Crippen LogP) is 2.50. The Morgan fingerprint density at radius 1 is 0.931 bits per heavy atom. The number of benzene rings is 2. The lowest BCUT2D eigenvalue weighted by Crippen LogP contribution is -2.44. The van der Waals surface area contributed by atoms with Crippen molar-refractivity contribution in [1.29, 1.82) is 0 Å². The van der Waals surface area contributed by atoms with Gasteiger partial charge in [0.05, 0.1) is 23.9 Å². The van der Waals surface area contributed by atoms with Crippen molar-refractivity contribution in [2.45, 2.75) is 25.1 Å². The maximum Gasteiger partial charge on any atom is 0.256 e. The summed E-state index contributed by atoms with van der Waals surface area (Å²) >= 11 is 0. The maximum absolute atomic E-state index is 14.2. The molecule has 4 rings (SSSR count). The molecule has 5 nitrogen and oxygen atoms in total. The molecule has 1 N–H and O–H groups in total. The summed E-state index contributed by atoms with van der Waals surface area (Å²) in [5.74, 6) is -12.0. The number of aliphatic hydroxyl groups is 1. The first-order valence-electron chi connectivity index (χ1n) is 8.62. The van der Waals surface area contributed by atoms with Gasteiger partial charge in [0.2, 0.25) is 11.7 Å². The second-order valence-corrected chi connectivity index (χ2v) is 6.85. The lowest BCUT2D eigenvalue weighted by molar-refractivity contribution is -0.122. The first-order chi connectivity index (χ1) is 13.7. The van der Waals surface area contributed by atoms with Gasteiger partial charge in [0.25, 0.3) is 5.91 Å². The molecule has 1 fully saturated rings. The molecule has 29 heavy (non-hydrogen) atoms. The monoisotopic (exact) mass is 412 g/mol. The van der Waals surface area contributed by atoms with E-state index in [4.69, 9.17) is 0 Å². The van der Waals surface area contributed by atoms with Gasteiger partial charge in [-0.25, -0.2) is 22.0 Å². The minimum Gasteiger partial charge on any atom is -0.391 e. The second kappa shape index (κ2) is 6.80. The Balaban J connectivity index is 1.86. The van der Waals surface area contributed by atoms with Gasteiger partial charge in [0.1, 0.15) is 6.04 Å². The Morgan fingerprint density at radius 2 is 1.52 bits per heavy atom. The summed E-state index contributed by atoms with van der Waals surface area (Å²) in [5.41, 5.74) is -1.19. The van der Waals surface area contributed by atoms with Gasteiger partial charge in [0.15, 0.2) is 23.3 Å². The van der Waals surface area contributed by atoms with Crippen molar-refractivity contribution in [3.63, 3.8) is 0 Å². The summed E-state index contributed by atoms with van der Waals surface area (Å²) in [7, 11) is 0. The number of carbonyl (C=O) groups excluding carboxylic acids is 2. The van der Waals surface area contributed by atoms with Gasteiger partial charge in [-0.1, -0.05) is 12.1 Å². The highest BCUT2D eigenvalue weighted by Gasteiger charge is 2.45. The molecule has 2 aliphatic rings. The van der Waals surface area contributed by atoms with Crippen molar-refractivity contribution in [2.75, 3.05) is 11.4 Å². The lowest BCUT2D eigenvalue weighted by atomic mass is 10.1. The van der Waals surface area contributed by atoms with E-state index in [1.54, 1.807) is 0 Å². The zero-order chi connectivity index (χ0) is 21.0. The largest absolute Gasteiger partial charge is 0.391 e. The van der Waals surface area contributed by atoms with E-state index < -0.39 is 65.2 Å². The Morgan fingerprint density at radius 3 is 2.17 bits per heavy atom. The average Bonchev–Trinajstić information content (AvgIpc) is 3.09. The van der Waals surface area contributed by atoms with Gasteiger partial charge < -0.3 is 14.9 Å². The molecule has 2 amide bonds. The number of fused-ring (bicyclic) bond motifs is 2. The molecule has 2 aromatic carbocycles. The molecule has 1 saturated heterocycles. The highest BCUT2D eigenvalue weighted by molar-refractivity contribution is 6.11. The molecule has 2 aliphatic heterocycles. The molecule has 0 spiro atoms. The fourth-order valence-electron chi connectivity index (χ4n) is 3.73. The van der Waals surface area contributed by atoms with Gasteiger partial charge in [-0.3, -0.25) is 9.59 Å². The van der Waals surface area contributed by atoms with Crippen LogP contribution in [0.4, 0.5) is 27.6 Å². The lowest BCUT2D eigenvalue weighted by Gasteiger charge is -2.26. The first kappa shape index (κ1) is 19.3. The molecule has 152 valence electrons. The number of hydrogen-bond donors (Lipinski definition) is 1. The Bertz CT molecular complexity index is 1020. The number of hydrogen-bond acceptors (Lipinski definition) is 3. The molecule has 0 aliphatic carbocycles. The normalized spacial score (nSPS) is 21.3. The fraction of sp³-hybridized carbons (Fsp3) is 0.263. The average molecular weight is 412 g/mol. The molecule has 0 saturated carbocycles. The topological polar surface area (TPSA) is 60.9 Å². The highest BCUT2D eigenvalue weighted by Crippen LogP contribution is 2.34. The van der Waals surface area contributed by atoms with Crippen LogP contribution in [0.15, 0.2) is 24.3 Å². The summed E-state index contributed by atoms with van der Waals surface area (Å²) in [6.45, 7) is -1.09. The van der Waals surface area contributed by atoms with Crippen LogP contribution in [0.5, 0.6) is 0 Å². The van der Waals surface area contributed by atoms with Gasteiger partial charge in [-0.2, -0.15) is 0 Å². The van der Waals surface area contributed by atoms with Crippen molar-refractivity contribution < 1.29 is 36.6 Å². The van der Waals surface area contributed by atoms with Crippen LogP contribution in [-0.2, 0) is 11.3 Å². The van der Waals surface area contributed by atoms with E-state index in [0.717, 1.165) is 9.80 Å². The second-order valence-electron chi connectivity index (χ2n) is 6.85. The molecular weight excluding hydrogens is 399 g/mol. The molecule has 2 aromatic rings. The summed E-state index contributed by atoms with van der Waals surface area (Å²) in [5, 5.41) is 9.88. The molecule has 2 heterocycles. The molecule has 2 atom stereocenters. The van der Waals surface area contributed by atoms with Crippen molar-refractivity contribution in [3.8, 4) is 0 Å². The van der Waals surface area contributed by atoms with Crippen LogP contribution in [-0.4, -0.2) is 40.5 Å². The van der Waals surface area contributed by atoms with Crippen LogP contribution in [0.3, 0.4) is 0 Å². The van der Waals surface area contributed by atoms with Crippen molar-refractivity contribution in [2.24, 2.45) is 0 Å². The maximum atomic E-state index is 14.2. The van der Waals surface area contributed by atoms with Crippen LogP contribution in [0.25, 0.3) is 0 Å². The number of nitrogens with zero attached hydrogens (tertiary/aromatic N) is 2. The van der Waals surface area contributed by atoms with E-state index in [2.05, 4.69) is 0 Å². The van der Waals surface area contributed by atoms with E-state index >= 15 is 0 Å².